The Morgan fingerprint density at radius 1 is 1.30 bits per heavy atom. The number of methoxy groups -OCH3 is 2. The van der Waals surface area contributed by atoms with Crippen LogP contribution in [0.2, 0.25) is 0 Å². The van der Waals surface area contributed by atoms with Gasteiger partial charge in [-0.25, -0.2) is 0 Å². The third-order valence-electron chi connectivity index (χ3n) is 4.01. The molecule has 1 aliphatic rings. The van der Waals surface area contributed by atoms with E-state index in [9.17, 15) is 0 Å². The first-order chi connectivity index (χ1) is 9.62. The maximum Gasteiger partial charge on any atom is 0.161 e. The van der Waals surface area contributed by atoms with Gasteiger partial charge < -0.3 is 19.5 Å². The molecule has 0 aromatic heterocycles. The molecular weight excluding hydrogens is 322 g/mol. The predicted molar refractivity (Wildman–Crippen MR) is 82.6 cm³/mol. The molecule has 1 N–H and O–H groups in total. The van der Waals surface area contributed by atoms with Crippen molar-refractivity contribution in [2.24, 2.45) is 5.92 Å². The van der Waals surface area contributed by atoms with E-state index in [0.29, 0.717) is 5.92 Å². The monoisotopic (exact) mass is 343 g/mol. The highest BCUT2D eigenvalue weighted by molar-refractivity contribution is 9.10. The second-order valence-corrected chi connectivity index (χ2v) is 5.88. The molecule has 1 fully saturated rings. The molecule has 1 saturated heterocycles. The van der Waals surface area contributed by atoms with Gasteiger partial charge in [0, 0.05) is 23.0 Å². The largest absolute Gasteiger partial charge is 0.493 e. The SMILES string of the molecule is CNC(c1cc(OC)c(OC)cc1Br)C1CCOC1C. The fourth-order valence-corrected chi connectivity index (χ4v) is 3.46. The van der Waals surface area contributed by atoms with Crippen LogP contribution < -0.4 is 14.8 Å². The van der Waals surface area contributed by atoms with Gasteiger partial charge in [-0.3, -0.25) is 0 Å². The number of halogens is 1. The third kappa shape index (κ3) is 2.95. The fraction of sp³-hybridized carbons (Fsp3) is 0.600. The molecule has 20 heavy (non-hydrogen) atoms. The Bertz CT molecular complexity index is 467. The Morgan fingerprint density at radius 3 is 2.45 bits per heavy atom. The van der Waals surface area contributed by atoms with Gasteiger partial charge in [-0.15, -0.1) is 0 Å². The van der Waals surface area contributed by atoms with Gasteiger partial charge in [-0.1, -0.05) is 15.9 Å². The van der Waals surface area contributed by atoms with Crippen LogP contribution in [0.25, 0.3) is 0 Å². The van der Waals surface area contributed by atoms with Gasteiger partial charge in [0.1, 0.15) is 0 Å². The number of rotatable bonds is 5. The number of nitrogens with one attached hydrogen (secondary N) is 1. The van der Waals surface area contributed by atoms with Crippen LogP contribution in [0, 0.1) is 5.92 Å². The normalized spacial score (nSPS) is 23.6. The molecule has 3 unspecified atom stereocenters. The molecule has 0 aliphatic carbocycles. The van der Waals surface area contributed by atoms with Crippen LogP contribution in [0.1, 0.15) is 24.9 Å². The molecule has 0 bridgehead atoms. The van der Waals surface area contributed by atoms with Crippen LogP contribution in [0.15, 0.2) is 16.6 Å². The third-order valence-corrected chi connectivity index (χ3v) is 4.70. The van der Waals surface area contributed by atoms with Crippen molar-refractivity contribution in [3.8, 4) is 11.5 Å². The zero-order valence-corrected chi connectivity index (χ0v) is 14.0. The van der Waals surface area contributed by atoms with Crippen LogP contribution in [0.5, 0.6) is 11.5 Å². The van der Waals surface area contributed by atoms with Crippen LogP contribution in [-0.4, -0.2) is 34.0 Å². The van der Waals surface area contributed by atoms with Crippen molar-refractivity contribution in [1.29, 1.82) is 0 Å². The zero-order valence-electron chi connectivity index (χ0n) is 12.4. The quantitative estimate of drug-likeness (QED) is 0.891. The standard InChI is InChI=1S/C15H22BrNO3/c1-9-10(5-6-20-9)15(17-2)11-7-13(18-3)14(19-4)8-12(11)16/h7-10,15,17H,5-6H2,1-4H3. The van der Waals surface area contributed by atoms with Gasteiger partial charge in [0.05, 0.1) is 20.3 Å². The average molecular weight is 344 g/mol. The summed E-state index contributed by atoms with van der Waals surface area (Å²) < 4.78 is 17.5. The second kappa shape index (κ2) is 6.78. The molecular formula is C15H22BrNO3. The van der Waals surface area contributed by atoms with Crippen molar-refractivity contribution in [1.82, 2.24) is 5.32 Å². The number of ether oxygens (including phenoxy) is 3. The van der Waals surface area contributed by atoms with Crippen LogP contribution in [0.4, 0.5) is 0 Å². The van der Waals surface area contributed by atoms with Crippen LogP contribution in [-0.2, 0) is 4.74 Å². The first-order valence-corrected chi connectivity index (χ1v) is 7.62. The first-order valence-electron chi connectivity index (χ1n) is 6.82. The average Bonchev–Trinajstić information content (AvgIpc) is 2.87. The summed E-state index contributed by atoms with van der Waals surface area (Å²) in [7, 11) is 5.29. The van der Waals surface area contributed by atoms with E-state index < -0.39 is 0 Å². The summed E-state index contributed by atoms with van der Waals surface area (Å²) >= 11 is 3.64. The van der Waals surface area contributed by atoms with Crippen molar-refractivity contribution < 1.29 is 14.2 Å². The van der Waals surface area contributed by atoms with E-state index in [0.717, 1.165) is 29.0 Å². The summed E-state index contributed by atoms with van der Waals surface area (Å²) in [5.41, 5.74) is 1.17. The minimum Gasteiger partial charge on any atom is -0.493 e. The van der Waals surface area contributed by atoms with E-state index >= 15 is 0 Å². The molecule has 0 radical (unpaired) electrons. The van der Waals surface area contributed by atoms with Crippen molar-refractivity contribution >= 4 is 15.9 Å². The highest BCUT2D eigenvalue weighted by Gasteiger charge is 2.33. The van der Waals surface area contributed by atoms with Gasteiger partial charge >= 0.3 is 0 Å². The van der Waals surface area contributed by atoms with E-state index in [-0.39, 0.29) is 12.1 Å². The minimum absolute atomic E-state index is 0.224. The fourth-order valence-electron chi connectivity index (χ4n) is 2.89. The zero-order chi connectivity index (χ0) is 14.7. The Balaban J connectivity index is 2.38. The molecule has 1 heterocycles. The number of hydrogen-bond donors (Lipinski definition) is 1. The predicted octanol–water partition coefficient (Wildman–Crippen LogP) is 3.15. The molecule has 3 atom stereocenters. The highest BCUT2D eigenvalue weighted by Crippen LogP contribution is 2.41. The van der Waals surface area contributed by atoms with E-state index in [1.165, 1.54) is 5.56 Å². The molecule has 4 nitrogen and oxygen atoms in total. The molecule has 5 heteroatoms. The van der Waals surface area contributed by atoms with Crippen molar-refractivity contribution in [3.63, 3.8) is 0 Å². The number of hydrogen-bond acceptors (Lipinski definition) is 4. The molecule has 0 saturated carbocycles. The van der Waals surface area contributed by atoms with E-state index in [1.54, 1.807) is 14.2 Å². The van der Waals surface area contributed by atoms with Gasteiger partial charge in [0.25, 0.3) is 0 Å². The van der Waals surface area contributed by atoms with Gasteiger partial charge in [0.2, 0.25) is 0 Å². The Hall–Kier alpha value is -0.780. The maximum atomic E-state index is 5.70. The molecule has 112 valence electrons. The second-order valence-electron chi connectivity index (χ2n) is 5.02. The molecule has 2 rings (SSSR count). The van der Waals surface area contributed by atoms with Crippen LogP contribution >= 0.6 is 15.9 Å². The summed E-state index contributed by atoms with van der Waals surface area (Å²) in [5, 5.41) is 3.41. The number of benzene rings is 1. The van der Waals surface area contributed by atoms with Gasteiger partial charge in [-0.05, 0) is 38.1 Å². The van der Waals surface area contributed by atoms with E-state index in [4.69, 9.17) is 14.2 Å². The Kier molecular flexibility index (Phi) is 5.29. The summed E-state index contributed by atoms with van der Waals surface area (Å²) in [4.78, 5) is 0. The lowest BCUT2D eigenvalue weighted by Crippen LogP contribution is -2.29. The molecule has 1 aromatic carbocycles. The van der Waals surface area contributed by atoms with E-state index in [1.807, 2.05) is 19.2 Å². The maximum absolute atomic E-state index is 5.70. The Morgan fingerprint density at radius 2 is 1.95 bits per heavy atom. The van der Waals surface area contributed by atoms with Gasteiger partial charge in [-0.2, -0.15) is 0 Å². The summed E-state index contributed by atoms with van der Waals surface area (Å²) in [6.07, 6.45) is 1.32. The van der Waals surface area contributed by atoms with Gasteiger partial charge in [0.15, 0.2) is 11.5 Å². The van der Waals surface area contributed by atoms with E-state index in [2.05, 4.69) is 28.2 Å². The highest BCUT2D eigenvalue weighted by atomic mass is 79.9. The lowest BCUT2D eigenvalue weighted by atomic mass is 9.88. The molecule has 1 aliphatic heterocycles. The first kappa shape index (κ1) is 15.6. The van der Waals surface area contributed by atoms with Crippen molar-refractivity contribution in [2.75, 3.05) is 27.9 Å². The lowest BCUT2D eigenvalue weighted by molar-refractivity contribution is 0.0962. The minimum atomic E-state index is 0.224. The smallest absolute Gasteiger partial charge is 0.161 e. The van der Waals surface area contributed by atoms with Crippen molar-refractivity contribution in [3.05, 3.63) is 22.2 Å². The van der Waals surface area contributed by atoms with Crippen LogP contribution in [0.3, 0.4) is 0 Å². The molecule has 1 aromatic rings. The topological polar surface area (TPSA) is 39.7 Å². The molecule has 0 spiro atoms. The summed E-state index contributed by atoms with van der Waals surface area (Å²) in [6, 6.07) is 4.22. The Labute approximate surface area is 128 Å². The summed E-state index contributed by atoms with van der Waals surface area (Å²) in [5.74, 6) is 1.93. The summed E-state index contributed by atoms with van der Waals surface area (Å²) in [6.45, 7) is 2.96. The molecule has 0 amide bonds. The lowest BCUT2D eigenvalue weighted by Gasteiger charge is -2.27. The van der Waals surface area contributed by atoms with Crippen molar-refractivity contribution in [2.45, 2.75) is 25.5 Å².